The van der Waals surface area contributed by atoms with E-state index in [4.69, 9.17) is 0 Å². The molecule has 0 aromatic rings. The molecule has 1 amide bonds. The van der Waals surface area contributed by atoms with Crippen molar-refractivity contribution in [3.05, 3.63) is 0 Å². The molecule has 0 radical (unpaired) electrons. The summed E-state index contributed by atoms with van der Waals surface area (Å²) in [4.78, 5) is 13.9. The van der Waals surface area contributed by atoms with E-state index in [1.165, 1.54) is 0 Å². The van der Waals surface area contributed by atoms with Crippen LogP contribution in [-0.4, -0.2) is 47.7 Å². The van der Waals surface area contributed by atoms with Gasteiger partial charge in [0.2, 0.25) is 5.91 Å². The van der Waals surface area contributed by atoms with Gasteiger partial charge in [-0.25, -0.2) is 0 Å². The average Bonchev–Trinajstić information content (AvgIpc) is 2.25. The van der Waals surface area contributed by atoms with Gasteiger partial charge in [0.05, 0.1) is 11.5 Å². The summed E-state index contributed by atoms with van der Waals surface area (Å²) in [5, 5.41) is 13.3. The maximum atomic E-state index is 12.1. The van der Waals surface area contributed by atoms with Crippen molar-refractivity contribution < 1.29 is 9.90 Å². The van der Waals surface area contributed by atoms with E-state index in [9.17, 15) is 9.90 Å². The summed E-state index contributed by atoms with van der Waals surface area (Å²) in [5.74, 6) is -0.108. The van der Waals surface area contributed by atoms with Crippen LogP contribution in [0.25, 0.3) is 0 Å². The maximum Gasteiger partial charge on any atom is 0.228 e. The van der Waals surface area contributed by atoms with Gasteiger partial charge in [0.25, 0.3) is 0 Å². The summed E-state index contributed by atoms with van der Waals surface area (Å²) in [5.41, 5.74) is -0.706. The Labute approximate surface area is 90.6 Å². The number of hydrogen-bond acceptors (Lipinski definition) is 3. The van der Waals surface area contributed by atoms with Crippen LogP contribution in [0.4, 0.5) is 0 Å². The van der Waals surface area contributed by atoms with Gasteiger partial charge in [-0.1, -0.05) is 6.92 Å². The van der Waals surface area contributed by atoms with E-state index in [0.717, 1.165) is 45.4 Å². The van der Waals surface area contributed by atoms with E-state index in [2.05, 4.69) is 5.32 Å². The molecule has 1 atom stereocenters. The average molecular weight is 212 g/mol. The lowest BCUT2D eigenvalue weighted by Crippen LogP contribution is -2.54. The Morgan fingerprint density at radius 1 is 1.40 bits per heavy atom. The Hall–Kier alpha value is -0.610. The molecule has 4 heteroatoms. The molecule has 1 saturated heterocycles. The second kappa shape index (κ2) is 4.10. The summed E-state index contributed by atoms with van der Waals surface area (Å²) >= 11 is 0. The molecule has 0 spiro atoms. The topological polar surface area (TPSA) is 52.6 Å². The fourth-order valence-electron chi connectivity index (χ4n) is 2.36. The minimum absolute atomic E-state index is 0.124. The number of amides is 1. The fourth-order valence-corrected chi connectivity index (χ4v) is 2.36. The molecular formula is C11H20N2O2. The van der Waals surface area contributed by atoms with E-state index >= 15 is 0 Å². The van der Waals surface area contributed by atoms with Gasteiger partial charge in [-0.05, 0) is 19.3 Å². The predicted molar refractivity (Wildman–Crippen MR) is 57.4 cm³/mol. The summed E-state index contributed by atoms with van der Waals surface area (Å²) in [7, 11) is 0. The molecule has 2 N–H and O–H groups in total. The highest BCUT2D eigenvalue weighted by Gasteiger charge is 2.44. The molecule has 2 rings (SSSR count). The molecule has 4 nitrogen and oxygen atoms in total. The van der Waals surface area contributed by atoms with Gasteiger partial charge in [0, 0.05) is 26.2 Å². The van der Waals surface area contributed by atoms with Crippen molar-refractivity contribution in [1.29, 1.82) is 0 Å². The van der Waals surface area contributed by atoms with Gasteiger partial charge >= 0.3 is 0 Å². The minimum atomic E-state index is -0.706. The molecule has 2 aliphatic rings. The van der Waals surface area contributed by atoms with Crippen LogP contribution in [0.5, 0.6) is 0 Å². The number of rotatable bonds is 2. The highest BCUT2D eigenvalue weighted by molar-refractivity contribution is 5.80. The first-order chi connectivity index (χ1) is 7.13. The van der Waals surface area contributed by atoms with Gasteiger partial charge in [-0.15, -0.1) is 0 Å². The Balaban J connectivity index is 1.94. The van der Waals surface area contributed by atoms with Gasteiger partial charge in [0.1, 0.15) is 0 Å². The van der Waals surface area contributed by atoms with Crippen LogP contribution in [0.2, 0.25) is 0 Å². The number of piperazine rings is 1. The number of aliphatic hydroxyl groups is 1. The quantitative estimate of drug-likeness (QED) is 0.676. The third kappa shape index (κ3) is 2.01. The van der Waals surface area contributed by atoms with Gasteiger partial charge in [0.15, 0.2) is 0 Å². The third-order valence-electron chi connectivity index (χ3n) is 3.82. The van der Waals surface area contributed by atoms with E-state index in [1.807, 2.05) is 11.8 Å². The van der Waals surface area contributed by atoms with Crippen LogP contribution in [0.1, 0.15) is 26.2 Å². The summed E-state index contributed by atoms with van der Waals surface area (Å²) in [6, 6.07) is 0. The standard InChI is InChI=1S/C11H20N2O2/c1-9(11(15)3-2-4-11)10(14)13-7-5-12-6-8-13/h9,12,15H,2-8H2,1H3. The minimum Gasteiger partial charge on any atom is -0.389 e. The lowest BCUT2D eigenvalue weighted by atomic mass is 9.71. The van der Waals surface area contributed by atoms with Crippen molar-refractivity contribution in [1.82, 2.24) is 10.2 Å². The van der Waals surface area contributed by atoms with Crippen molar-refractivity contribution in [2.24, 2.45) is 5.92 Å². The molecule has 1 unspecified atom stereocenters. The Kier molecular flexibility index (Phi) is 2.98. The Morgan fingerprint density at radius 2 is 2.00 bits per heavy atom. The molecule has 1 aliphatic heterocycles. The van der Waals surface area contributed by atoms with Crippen molar-refractivity contribution in [2.75, 3.05) is 26.2 Å². The zero-order chi connectivity index (χ0) is 10.9. The van der Waals surface area contributed by atoms with Crippen LogP contribution in [0, 0.1) is 5.92 Å². The first kappa shape index (κ1) is 10.9. The van der Waals surface area contributed by atoms with Gasteiger partial charge in [-0.2, -0.15) is 0 Å². The number of carbonyl (C=O) groups excluding carboxylic acids is 1. The number of nitrogens with one attached hydrogen (secondary N) is 1. The molecule has 0 aromatic heterocycles. The molecule has 1 saturated carbocycles. The van der Waals surface area contributed by atoms with Crippen LogP contribution in [0.3, 0.4) is 0 Å². The third-order valence-corrected chi connectivity index (χ3v) is 3.82. The monoisotopic (exact) mass is 212 g/mol. The van der Waals surface area contributed by atoms with Crippen molar-refractivity contribution in [2.45, 2.75) is 31.8 Å². The lowest BCUT2D eigenvalue weighted by molar-refractivity contribution is -0.152. The van der Waals surface area contributed by atoms with E-state index in [0.29, 0.717) is 0 Å². The molecule has 1 aliphatic carbocycles. The van der Waals surface area contributed by atoms with E-state index in [-0.39, 0.29) is 11.8 Å². The van der Waals surface area contributed by atoms with Crippen molar-refractivity contribution in [3.63, 3.8) is 0 Å². The van der Waals surface area contributed by atoms with Gasteiger partial charge < -0.3 is 15.3 Å². The van der Waals surface area contributed by atoms with Crippen LogP contribution >= 0.6 is 0 Å². The molecular weight excluding hydrogens is 192 g/mol. The second-order valence-corrected chi connectivity index (χ2v) is 4.75. The molecule has 0 aromatic carbocycles. The summed E-state index contributed by atoms with van der Waals surface area (Å²) < 4.78 is 0. The number of hydrogen-bond donors (Lipinski definition) is 2. The Morgan fingerprint density at radius 3 is 2.47 bits per heavy atom. The maximum absolute atomic E-state index is 12.1. The predicted octanol–water partition coefficient (Wildman–Crippen LogP) is -0.0307. The summed E-state index contributed by atoms with van der Waals surface area (Å²) in [6.07, 6.45) is 2.62. The number of carbonyl (C=O) groups is 1. The van der Waals surface area contributed by atoms with Crippen molar-refractivity contribution >= 4 is 5.91 Å². The molecule has 1 heterocycles. The fraction of sp³-hybridized carbons (Fsp3) is 0.909. The largest absolute Gasteiger partial charge is 0.389 e. The zero-order valence-corrected chi connectivity index (χ0v) is 9.33. The summed E-state index contributed by atoms with van der Waals surface area (Å²) in [6.45, 7) is 5.16. The molecule has 15 heavy (non-hydrogen) atoms. The highest BCUT2D eigenvalue weighted by atomic mass is 16.3. The highest BCUT2D eigenvalue weighted by Crippen LogP contribution is 2.38. The van der Waals surface area contributed by atoms with Crippen molar-refractivity contribution in [3.8, 4) is 0 Å². The van der Waals surface area contributed by atoms with Crippen LogP contribution in [-0.2, 0) is 4.79 Å². The van der Waals surface area contributed by atoms with Crippen LogP contribution < -0.4 is 5.32 Å². The normalized spacial score (nSPS) is 26.9. The second-order valence-electron chi connectivity index (χ2n) is 4.75. The molecule has 2 fully saturated rings. The first-order valence-corrected chi connectivity index (χ1v) is 5.85. The van der Waals surface area contributed by atoms with E-state index < -0.39 is 5.60 Å². The van der Waals surface area contributed by atoms with Crippen LogP contribution in [0.15, 0.2) is 0 Å². The SMILES string of the molecule is CC(C(=O)N1CCNCC1)C1(O)CCC1. The molecule has 86 valence electrons. The van der Waals surface area contributed by atoms with E-state index in [1.54, 1.807) is 0 Å². The lowest BCUT2D eigenvalue weighted by Gasteiger charge is -2.43. The smallest absolute Gasteiger partial charge is 0.228 e. The number of nitrogens with zero attached hydrogens (tertiary/aromatic N) is 1. The Bertz CT molecular complexity index is 245. The molecule has 0 bridgehead atoms. The zero-order valence-electron chi connectivity index (χ0n) is 9.33. The van der Waals surface area contributed by atoms with Gasteiger partial charge in [-0.3, -0.25) is 4.79 Å². The first-order valence-electron chi connectivity index (χ1n) is 5.85.